The average Bonchev–Trinajstić information content (AvgIpc) is 3.34. The molecular formula is C21H14N2O6. The van der Waals surface area contributed by atoms with Crippen LogP contribution in [0.4, 0.5) is 5.69 Å². The molecule has 0 spiro atoms. The molecule has 0 bridgehead atoms. The van der Waals surface area contributed by atoms with Crippen molar-refractivity contribution in [2.24, 2.45) is 0 Å². The van der Waals surface area contributed by atoms with Crippen LogP contribution in [0.15, 0.2) is 69.5 Å². The van der Waals surface area contributed by atoms with Crippen LogP contribution in [0.2, 0.25) is 0 Å². The molecular weight excluding hydrogens is 376 g/mol. The highest BCUT2D eigenvalue weighted by Crippen LogP contribution is 2.29. The molecule has 0 unspecified atom stereocenters. The summed E-state index contributed by atoms with van der Waals surface area (Å²) in [7, 11) is 0. The van der Waals surface area contributed by atoms with Gasteiger partial charge in [0.1, 0.15) is 17.0 Å². The number of hydrogen-bond acceptors (Lipinski definition) is 6. The van der Waals surface area contributed by atoms with E-state index in [2.05, 4.69) is 4.98 Å². The number of rotatable bonds is 6. The summed E-state index contributed by atoms with van der Waals surface area (Å²) in [4.78, 5) is 26.1. The van der Waals surface area contributed by atoms with Crippen molar-refractivity contribution in [2.75, 3.05) is 0 Å². The topological polar surface area (TPSA) is 120 Å². The molecule has 8 heteroatoms. The molecule has 0 aliphatic rings. The van der Waals surface area contributed by atoms with Gasteiger partial charge in [0.25, 0.3) is 5.69 Å². The minimum Gasteiger partial charge on any atom is -0.481 e. The van der Waals surface area contributed by atoms with Crippen LogP contribution < -0.4 is 0 Å². The zero-order chi connectivity index (χ0) is 20.4. The van der Waals surface area contributed by atoms with E-state index in [4.69, 9.17) is 8.83 Å². The standard InChI is InChI=1S/C21H14N2O6/c24-20(25)12-14(21-22-17-6-1-2-7-19(17)29-21)11-16-8-9-18(28-16)13-4-3-5-15(10-13)23(26)27/h1-11H,12H2,(H,24,25). The fourth-order valence-electron chi connectivity index (χ4n) is 2.89. The maximum Gasteiger partial charge on any atom is 0.308 e. The third-order valence-electron chi connectivity index (χ3n) is 4.20. The lowest BCUT2D eigenvalue weighted by molar-refractivity contribution is -0.384. The summed E-state index contributed by atoms with van der Waals surface area (Å²) in [6, 6.07) is 16.5. The Kier molecular flexibility index (Phi) is 4.66. The summed E-state index contributed by atoms with van der Waals surface area (Å²) in [5.41, 5.74) is 2.01. The Balaban J connectivity index is 1.71. The lowest BCUT2D eigenvalue weighted by atomic mass is 10.1. The van der Waals surface area contributed by atoms with Gasteiger partial charge >= 0.3 is 5.97 Å². The van der Waals surface area contributed by atoms with E-state index in [9.17, 15) is 20.0 Å². The molecule has 8 nitrogen and oxygen atoms in total. The van der Waals surface area contributed by atoms with Crippen molar-refractivity contribution in [3.05, 3.63) is 82.4 Å². The Morgan fingerprint density at radius 1 is 1.10 bits per heavy atom. The summed E-state index contributed by atoms with van der Waals surface area (Å²) < 4.78 is 11.4. The number of carboxylic acid groups (broad SMARTS) is 1. The molecule has 0 amide bonds. The lowest BCUT2D eigenvalue weighted by Crippen LogP contribution is -1.97. The van der Waals surface area contributed by atoms with Crippen LogP contribution >= 0.6 is 0 Å². The normalized spacial score (nSPS) is 11.7. The highest BCUT2D eigenvalue weighted by molar-refractivity contribution is 5.90. The molecule has 29 heavy (non-hydrogen) atoms. The Bertz CT molecular complexity index is 1220. The maximum absolute atomic E-state index is 11.3. The highest BCUT2D eigenvalue weighted by atomic mass is 16.6. The first kappa shape index (κ1) is 18.2. The van der Waals surface area contributed by atoms with Crippen LogP contribution in [-0.4, -0.2) is 21.0 Å². The molecule has 0 aliphatic heterocycles. The van der Waals surface area contributed by atoms with E-state index in [0.717, 1.165) is 0 Å². The van der Waals surface area contributed by atoms with Crippen molar-refractivity contribution in [1.29, 1.82) is 0 Å². The number of para-hydroxylation sites is 2. The van der Waals surface area contributed by atoms with Crippen molar-refractivity contribution in [2.45, 2.75) is 6.42 Å². The van der Waals surface area contributed by atoms with Gasteiger partial charge < -0.3 is 13.9 Å². The smallest absolute Gasteiger partial charge is 0.308 e. The van der Waals surface area contributed by atoms with Crippen LogP contribution in [0, 0.1) is 10.1 Å². The first-order chi connectivity index (χ1) is 14.0. The maximum atomic E-state index is 11.3. The predicted octanol–water partition coefficient (Wildman–Crippen LogP) is 5.01. The largest absolute Gasteiger partial charge is 0.481 e. The molecule has 0 aliphatic carbocycles. The minimum atomic E-state index is -1.04. The molecule has 1 N–H and O–H groups in total. The Labute approximate surface area is 163 Å². The lowest BCUT2D eigenvalue weighted by Gasteiger charge is -1.99. The number of carboxylic acids is 1. The molecule has 2 heterocycles. The number of aromatic nitrogens is 1. The van der Waals surface area contributed by atoms with Crippen LogP contribution in [0.1, 0.15) is 18.1 Å². The second-order valence-electron chi connectivity index (χ2n) is 6.24. The highest BCUT2D eigenvalue weighted by Gasteiger charge is 2.16. The van der Waals surface area contributed by atoms with Crippen LogP contribution in [0.5, 0.6) is 0 Å². The van der Waals surface area contributed by atoms with E-state index in [1.54, 1.807) is 48.5 Å². The van der Waals surface area contributed by atoms with Gasteiger partial charge in [0.2, 0.25) is 5.89 Å². The average molecular weight is 390 g/mol. The number of non-ortho nitro benzene ring substituents is 1. The van der Waals surface area contributed by atoms with Crippen LogP contribution in [-0.2, 0) is 4.79 Å². The summed E-state index contributed by atoms with van der Waals surface area (Å²) in [5.74, 6) is -0.0388. The summed E-state index contributed by atoms with van der Waals surface area (Å²) in [5, 5.41) is 20.2. The molecule has 0 fully saturated rings. The number of carbonyl (C=O) groups is 1. The van der Waals surface area contributed by atoms with E-state index in [0.29, 0.717) is 33.8 Å². The van der Waals surface area contributed by atoms with E-state index in [-0.39, 0.29) is 18.0 Å². The summed E-state index contributed by atoms with van der Waals surface area (Å²) in [6.45, 7) is 0. The number of fused-ring (bicyclic) bond motifs is 1. The number of benzene rings is 2. The second kappa shape index (κ2) is 7.43. The zero-order valence-corrected chi connectivity index (χ0v) is 14.9. The SMILES string of the molecule is O=C(O)CC(=Cc1ccc(-c2cccc([N+](=O)[O-])c2)o1)c1nc2ccccc2o1. The molecule has 0 radical (unpaired) electrons. The predicted molar refractivity (Wildman–Crippen MR) is 105 cm³/mol. The number of nitro groups is 1. The molecule has 144 valence electrons. The van der Waals surface area contributed by atoms with Gasteiger partial charge in [0, 0.05) is 23.3 Å². The van der Waals surface area contributed by atoms with Crippen molar-refractivity contribution in [1.82, 2.24) is 4.98 Å². The van der Waals surface area contributed by atoms with Gasteiger partial charge in [-0.15, -0.1) is 0 Å². The van der Waals surface area contributed by atoms with E-state index >= 15 is 0 Å². The number of aliphatic carboxylic acids is 1. The summed E-state index contributed by atoms with van der Waals surface area (Å²) in [6.07, 6.45) is 1.24. The minimum absolute atomic E-state index is 0.0472. The van der Waals surface area contributed by atoms with E-state index in [1.165, 1.54) is 12.1 Å². The zero-order valence-electron chi connectivity index (χ0n) is 14.9. The third kappa shape index (κ3) is 3.91. The molecule has 0 saturated heterocycles. The van der Waals surface area contributed by atoms with Crippen molar-refractivity contribution in [3.63, 3.8) is 0 Å². The fraction of sp³-hybridized carbons (Fsp3) is 0.0476. The Hall–Kier alpha value is -4.20. The fourth-order valence-corrected chi connectivity index (χ4v) is 2.89. The molecule has 0 atom stereocenters. The van der Waals surface area contributed by atoms with Crippen molar-refractivity contribution in [3.8, 4) is 11.3 Å². The Morgan fingerprint density at radius 2 is 1.93 bits per heavy atom. The van der Waals surface area contributed by atoms with Crippen LogP contribution in [0.3, 0.4) is 0 Å². The van der Waals surface area contributed by atoms with Gasteiger partial charge in [-0.2, -0.15) is 0 Å². The summed E-state index contributed by atoms with van der Waals surface area (Å²) >= 11 is 0. The van der Waals surface area contributed by atoms with Gasteiger partial charge in [0.05, 0.1) is 11.3 Å². The van der Waals surface area contributed by atoms with Gasteiger partial charge in [-0.25, -0.2) is 4.98 Å². The van der Waals surface area contributed by atoms with Crippen molar-refractivity contribution >= 4 is 34.4 Å². The molecule has 4 aromatic rings. The first-order valence-electron chi connectivity index (χ1n) is 8.62. The third-order valence-corrected chi connectivity index (χ3v) is 4.20. The van der Waals surface area contributed by atoms with Crippen molar-refractivity contribution < 1.29 is 23.7 Å². The monoisotopic (exact) mass is 390 g/mol. The molecule has 0 saturated carbocycles. The van der Waals surface area contributed by atoms with Gasteiger partial charge in [-0.3, -0.25) is 14.9 Å². The van der Waals surface area contributed by atoms with Gasteiger partial charge in [-0.1, -0.05) is 24.3 Å². The number of furan rings is 1. The second-order valence-corrected chi connectivity index (χ2v) is 6.24. The number of hydrogen-bond donors (Lipinski definition) is 1. The quantitative estimate of drug-likeness (QED) is 0.363. The van der Waals surface area contributed by atoms with Gasteiger partial charge in [-0.05, 0) is 30.3 Å². The number of nitro benzene ring substituents is 1. The Morgan fingerprint density at radius 3 is 2.69 bits per heavy atom. The van der Waals surface area contributed by atoms with Gasteiger partial charge in [0.15, 0.2) is 5.58 Å². The van der Waals surface area contributed by atoms with Crippen LogP contribution in [0.25, 0.3) is 34.1 Å². The first-order valence-corrected chi connectivity index (χ1v) is 8.62. The van der Waals surface area contributed by atoms with E-state index in [1.807, 2.05) is 6.07 Å². The molecule has 4 rings (SSSR count). The van der Waals surface area contributed by atoms with E-state index < -0.39 is 10.9 Å². The molecule has 2 aromatic heterocycles. The number of oxazole rings is 1. The number of nitrogens with zero attached hydrogens (tertiary/aromatic N) is 2. The molecule has 2 aromatic carbocycles.